The lowest BCUT2D eigenvalue weighted by molar-refractivity contribution is -0.160. The Labute approximate surface area is 243 Å². The van der Waals surface area contributed by atoms with Gasteiger partial charge in [0.1, 0.15) is 5.60 Å². The maximum Gasteiger partial charge on any atom is 0.314 e. The summed E-state index contributed by atoms with van der Waals surface area (Å²) in [5.74, 6) is -2.52. The van der Waals surface area contributed by atoms with Crippen LogP contribution in [0.15, 0.2) is 114 Å². The van der Waals surface area contributed by atoms with Crippen molar-refractivity contribution in [2.75, 3.05) is 19.8 Å². The Hall–Kier alpha value is -3.96. The van der Waals surface area contributed by atoms with Crippen LogP contribution < -0.4 is 0 Å². The van der Waals surface area contributed by atoms with Crippen LogP contribution in [0.5, 0.6) is 0 Å². The number of ether oxygens (including phenoxy) is 3. The molecular weight excluding hydrogens is 512 g/mol. The van der Waals surface area contributed by atoms with E-state index in [-0.39, 0.29) is 31.7 Å². The first-order valence-electron chi connectivity index (χ1n) is 14.4. The highest BCUT2D eigenvalue weighted by Gasteiger charge is 2.46. The Morgan fingerprint density at radius 2 is 1.15 bits per heavy atom. The Morgan fingerprint density at radius 1 is 0.707 bits per heavy atom. The zero-order chi connectivity index (χ0) is 29.4. The van der Waals surface area contributed by atoms with Gasteiger partial charge in [-0.15, -0.1) is 0 Å². The van der Waals surface area contributed by atoms with Gasteiger partial charge in [-0.05, 0) is 61.4 Å². The van der Waals surface area contributed by atoms with Gasteiger partial charge >= 0.3 is 11.9 Å². The van der Waals surface area contributed by atoms with E-state index in [4.69, 9.17) is 14.2 Å². The van der Waals surface area contributed by atoms with Gasteiger partial charge < -0.3 is 14.2 Å². The molecule has 214 valence electrons. The first kappa shape index (κ1) is 30.0. The molecule has 0 spiro atoms. The average Bonchev–Trinajstić information content (AvgIpc) is 2.98. The summed E-state index contributed by atoms with van der Waals surface area (Å²) in [6, 6.07) is 30.6. The average molecular weight is 553 g/mol. The predicted octanol–water partition coefficient (Wildman–Crippen LogP) is 7.27. The highest BCUT2D eigenvalue weighted by atomic mass is 16.5. The quantitative estimate of drug-likeness (QED) is 0.196. The van der Waals surface area contributed by atoms with Crippen LogP contribution in [0.2, 0.25) is 0 Å². The molecule has 5 heteroatoms. The van der Waals surface area contributed by atoms with E-state index in [1.807, 2.05) is 75.4 Å². The normalized spacial score (nSPS) is 18.8. The first-order chi connectivity index (χ1) is 19.8. The van der Waals surface area contributed by atoms with E-state index in [1.54, 1.807) is 13.8 Å². The van der Waals surface area contributed by atoms with E-state index in [9.17, 15) is 9.59 Å². The molecule has 0 aromatic heterocycles. The monoisotopic (exact) mass is 552 g/mol. The second kappa shape index (κ2) is 13.6. The molecular formula is C36H40O5. The summed E-state index contributed by atoms with van der Waals surface area (Å²) in [4.78, 5) is 26.6. The number of hydrogen-bond donors (Lipinski definition) is 0. The number of carbonyl (C=O) groups is 2. The molecule has 1 aliphatic carbocycles. The van der Waals surface area contributed by atoms with E-state index in [1.165, 1.54) is 0 Å². The number of benzene rings is 3. The third kappa shape index (κ3) is 6.20. The van der Waals surface area contributed by atoms with E-state index in [0.717, 1.165) is 33.4 Å². The fourth-order valence-corrected chi connectivity index (χ4v) is 5.99. The predicted molar refractivity (Wildman–Crippen MR) is 161 cm³/mol. The van der Waals surface area contributed by atoms with Gasteiger partial charge in [-0.2, -0.15) is 0 Å². The van der Waals surface area contributed by atoms with Gasteiger partial charge in [0, 0.05) is 0 Å². The second-order valence-corrected chi connectivity index (χ2v) is 10.5. The summed E-state index contributed by atoms with van der Waals surface area (Å²) in [5, 5.41) is 0. The van der Waals surface area contributed by atoms with Gasteiger partial charge in [-0.3, -0.25) is 9.59 Å². The van der Waals surface area contributed by atoms with Crippen molar-refractivity contribution in [2.45, 2.75) is 40.2 Å². The minimum absolute atomic E-state index is 0.217. The molecule has 3 atom stereocenters. The maximum atomic E-state index is 13.5. The van der Waals surface area contributed by atoms with E-state index >= 15 is 0 Å². The lowest BCUT2D eigenvalue weighted by atomic mass is 9.69. The molecule has 0 bridgehead atoms. The Bertz CT molecular complexity index is 1270. The molecule has 0 saturated carbocycles. The fraction of sp³-hybridized carbons (Fsp3) is 0.333. The molecule has 0 radical (unpaired) electrons. The van der Waals surface area contributed by atoms with Crippen LogP contribution >= 0.6 is 0 Å². The SMILES string of the molecule is CCOC(=O)[C@@H]1C(=C(C)C)C(COC(c2ccccc2)(c2ccccc2)c2ccccc2)=C[C@H](C)[C@H]1C(=O)OCC. The van der Waals surface area contributed by atoms with Crippen LogP contribution in [-0.4, -0.2) is 31.8 Å². The van der Waals surface area contributed by atoms with Crippen LogP contribution in [0.4, 0.5) is 0 Å². The summed E-state index contributed by atoms with van der Waals surface area (Å²) >= 11 is 0. The molecule has 5 nitrogen and oxygen atoms in total. The zero-order valence-electron chi connectivity index (χ0n) is 24.6. The summed E-state index contributed by atoms with van der Waals surface area (Å²) < 4.78 is 18.1. The van der Waals surface area contributed by atoms with Crippen molar-refractivity contribution < 1.29 is 23.8 Å². The topological polar surface area (TPSA) is 61.8 Å². The summed E-state index contributed by atoms with van der Waals surface area (Å²) in [5.41, 5.74) is 4.65. The molecule has 0 N–H and O–H groups in total. The van der Waals surface area contributed by atoms with Crippen molar-refractivity contribution in [2.24, 2.45) is 17.8 Å². The van der Waals surface area contributed by atoms with Gasteiger partial charge in [-0.1, -0.05) is 110 Å². The molecule has 0 unspecified atom stereocenters. The summed E-state index contributed by atoms with van der Waals surface area (Å²) in [7, 11) is 0. The smallest absolute Gasteiger partial charge is 0.314 e. The highest BCUT2D eigenvalue weighted by molar-refractivity contribution is 5.87. The maximum absolute atomic E-state index is 13.5. The number of hydrogen-bond acceptors (Lipinski definition) is 5. The Kier molecular flexibility index (Phi) is 9.95. The van der Waals surface area contributed by atoms with Crippen molar-refractivity contribution in [1.82, 2.24) is 0 Å². The van der Waals surface area contributed by atoms with Gasteiger partial charge in [0.15, 0.2) is 0 Å². The van der Waals surface area contributed by atoms with Crippen LogP contribution in [0.1, 0.15) is 51.3 Å². The lowest BCUT2D eigenvalue weighted by Crippen LogP contribution is -2.42. The van der Waals surface area contributed by atoms with Crippen molar-refractivity contribution in [3.05, 3.63) is 130 Å². The van der Waals surface area contributed by atoms with Gasteiger partial charge in [0.2, 0.25) is 0 Å². The fourth-order valence-electron chi connectivity index (χ4n) is 5.99. The standard InChI is InChI=1S/C36H40O5/c1-6-39-34(37)32-26(5)23-27(31(25(3)4)33(32)35(38)40-7-2)24-41-36(28-17-11-8-12-18-28,29-19-13-9-14-20-29)30-21-15-10-16-22-30/h8-23,26,32-33H,6-7,24H2,1-5H3/t26-,32+,33+/m0/s1. The van der Waals surface area contributed by atoms with Crippen LogP contribution in [0.3, 0.4) is 0 Å². The largest absolute Gasteiger partial charge is 0.466 e. The number of allylic oxidation sites excluding steroid dienone is 2. The van der Waals surface area contributed by atoms with Crippen molar-refractivity contribution in [3.8, 4) is 0 Å². The van der Waals surface area contributed by atoms with Crippen molar-refractivity contribution in [1.29, 1.82) is 0 Å². The number of carbonyl (C=O) groups excluding carboxylic acids is 2. The molecule has 0 fully saturated rings. The van der Waals surface area contributed by atoms with Gasteiger partial charge in [0.05, 0.1) is 31.7 Å². The van der Waals surface area contributed by atoms with E-state index in [0.29, 0.717) is 0 Å². The van der Waals surface area contributed by atoms with Crippen LogP contribution in [0, 0.1) is 17.8 Å². The minimum atomic E-state index is -0.919. The summed E-state index contributed by atoms with van der Waals surface area (Å²) in [6.45, 7) is 10.1. The van der Waals surface area contributed by atoms with Crippen LogP contribution in [-0.2, 0) is 29.4 Å². The molecule has 1 aliphatic rings. The van der Waals surface area contributed by atoms with Crippen molar-refractivity contribution in [3.63, 3.8) is 0 Å². The minimum Gasteiger partial charge on any atom is -0.466 e. The highest BCUT2D eigenvalue weighted by Crippen LogP contribution is 2.45. The molecule has 4 rings (SSSR count). The second-order valence-electron chi connectivity index (χ2n) is 10.5. The zero-order valence-corrected chi connectivity index (χ0v) is 24.6. The third-order valence-electron chi connectivity index (χ3n) is 7.67. The third-order valence-corrected chi connectivity index (χ3v) is 7.67. The molecule has 41 heavy (non-hydrogen) atoms. The molecule has 0 heterocycles. The molecule has 3 aromatic carbocycles. The Balaban J connectivity index is 1.86. The van der Waals surface area contributed by atoms with E-state index < -0.39 is 23.4 Å². The summed E-state index contributed by atoms with van der Waals surface area (Å²) in [6.07, 6.45) is 2.06. The first-order valence-corrected chi connectivity index (χ1v) is 14.4. The number of esters is 2. The van der Waals surface area contributed by atoms with Crippen LogP contribution in [0.25, 0.3) is 0 Å². The molecule has 0 amide bonds. The molecule has 0 aliphatic heterocycles. The lowest BCUT2D eigenvalue weighted by Gasteiger charge is -2.39. The molecule has 0 saturated heterocycles. The van der Waals surface area contributed by atoms with Crippen molar-refractivity contribution >= 4 is 11.9 Å². The van der Waals surface area contributed by atoms with E-state index in [2.05, 4.69) is 42.5 Å². The van der Waals surface area contributed by atoms with Gasteiger partial charge in [-0.25, -0.2) is 0 Å². The number of rotatable bonds is 10. The molecule has 3 aromatic rings. The Morgan fingerprint density at radius 3 is 1.56 bits per heavy atom. The van der Waals surface area contributed by atoms with Gasteiger partial charge in [0.25, 0.3) is 0 Å².